The quantitative estimate of drug-likeness (QED) is 0.895. The maximum absolute atomic E-state index is 10.7. The summed E-state index contributed by atoms with van der Waals surface area (Å²) in [6.07, 6.45) is 0.973. The van der Waals surface area contributed by atoms with Crippen molar-refractivity contribution in [3.05, 3.63) is 34.3 Å². The third-order valence-electron chi connectivity index (χ3n) is 2.39. The molecule has 0 saturated heterocycles. The number of nitrogens with one attached hydrogen (secondary N) is 1. The normalized spacial score (nSPS) is 12.2. The highest BCUT2D eigenvalue weighted by molar-refractivity contribution is 9.10. The lowest BCUT2D eigenvalue weighted by molar-refractivity contribution is -0.118. The van der Waals surface area contributed by atoms with E-state index in [0.717, 1.165) is 17.4 Å². The Morgan fingerprint density at radius 1 is 1.40 bits per heavy atom. The van der Waals surface area contributed by atoms with Crippen LogP contribution in [-0.4, -0.2) is 12.5 Å². The number of amides is 1. The number of halogens is 1. The maximum atomic E-state index is 10.7. The Kier molecular flexibility index (Phi) is 4.82. The molecule has 1 N–H and O–H groups in total. The molecule has 0 spiro atoms. The highest BCUT2D eigenvalue weighted by Gasteiger charge is 2.04. The molecule has 1 amide bonds. The van der Waals surface area contributed by atoms with Gasteiger partial charge in [-0.05, 0) is 30.0 Å². The molecule has 2 nitrogen and oxygen atoms in total. The highest BCUT2D eigenvalue weighted by atomic mass is 79.9. The lowest BCUT2D eigenvalue weighted by atomic mass is 9.98. The van der Waals surface area contributed by atoms with Crippen LogP contribution in [0.1, 0.15) is 31.7 Å². The van der Waals surface area contributed by atoms with Crippen molar-refractivity contribution in [2.45, 2.75) is 26.2 Å². The van der Waals surface area contributed by atoms with Gasteiger partial charge in [-0.1, -0.05) is 35.0 Å². The van der Waals surface area contributed by atoms with Gasteiger partial charge >= 0.3 is 0 Å². The Bertz CT molecular complexity index is 321. The van der Waals surface area contributed by atoms with Crippen LogP contribution in [0.4, 0.5) is 0 Å². The van der Waals surface area contributed by atoms with E-state index in [9.17, 15) is 4.79 Å². The van der Waals surface area contributed by atoms with E-state index < -0.39 is 0 Å². The molecule has 0 aliphatic rings. The number of hydrogen-bond donors (Lipinski definition) is 1. The first-order valence-electron chi connectivity index (χ1n) is 5.09. The molecule has 15 heavy (non-hydrogen) atoms. The maximum Gasteiger partial charge on any atom is 0.216 e. The van der Waals surface area contributed by atoms with Gasteiger partial charge in [-0.15, -0.1) is 0 Å². The summed E-state index contributed by atoms with van der Waals surface area (Å²) in [6.45, 7) is 4.46. The Labute approximate surface area is 99.2 Å². The van der Waals surface area contributed by atoms with Gasteiger partial charge in [0, 0.05) is 17.9 Å². The molecule has 82 valence electrons. The average Bonchev–Trinajstić information content (AvgIpc) is 2.18. The highest BCUT2D eigenvalue weighted by Crippen LogP contribution is 2.20. The number of carbonyl (C=O) groups excluding carboxylic acids is 1. The molecule has 1 unspecified atom stereocenters. The van der Waals surface area contributed by atoms with Crippen molar-refractivity contribution < 1.29 is 4.79 Å². The zero-order valence-corrected chi connectivity index (χ0v) is 10.7. The summed E-state index contributed by atoms with van der Waals surface area (Å²) in [4.78, 5) is 10.7. The minimum Gasteiger partial charge on any atom is -0.356 e. The van der Waals surface area contributed by atoms with Gasteiger partial charge in [0.05, 0.1) is 0 Å². The second-order valence-corrected chi connectivity index (χ2v) is 4.64. The topological polar surface area (TPSA) is 29.1 Å². The molecular weight excluding hydrogens is 254 g/mol. The molecule has 0 saturated carbocycles. The Balaban J connectivity index is 2.43. The van der Waals surface area contributed by atoms with Gasteiger partial charge in [0.2, 0.25) is 5.91 Å². The van der Waals surface area contributed by atoms with Crippen molar-refractivity contribution in [3.8, 4) is 0 Å². The van der Waals surface area contributed by atoms with Gasteiger partial charge in [0.25, 0.3) is 0 Å². The second kappa shape index (κ2) is 5.91. The van der Waals surface area contributed by atoms with Gasteiger partial charge in [-0.25, -0.2) is 0 Å². The Hall–Kier alpha value is -0.830. The van der Waals surface area contributed by atoms with E-state index in [1.54, 1.807) is 6.92 Å². The van der Waals surface area contributed by atoms with E-state index in [1.165, 1.54) is 5.56 Å². The molecule has 0 radical (unpaired) electrons. The number of benzene rings is 1. The van der Waals surface area contributed by atoms with Crippen LogP contribution in [0, 0.1) is 0 Å². The molecule has 0 bridgehead atoms. The smallest absolute Gasteiger partial charge is 0.216 e. The standard InChI is InChI=1S/C12H16BrNO/c1-9(7-8-14-10(2)15)11-3-5-12(13)6-4-11/h3-6,9H,7-8H2,1-2H3,(H,14,15). The molecule has 0 aliphatic heterocycles. The van der Waals surface area contributed by atoms with E-state index in [1.807, 2.05) is 12.1 Å². The van der Waals surface area contributed by atoms with E-state index in [2.05, 4.69) is 40.3 Å². The van der Waals surface area contributed by atoms with E-state index in [0.29, 0.717) is 5.92 Å². The molecule has 1 aromatic carbocycles. The molecule has 1 aromatic rings. The summed E-state index contributed by atoms with van der Waals surface area (Å²) in [6, 6.07) is 8.32. The molecule has 0 heterocycles. The van der Waals surface area contributed by atoms with Crippen molar-refractivity contribution >= 4 is 21.8 Å². The summed E-state index contributed by atoms with van der Waals surface area (Å²) in [5, 5.41) is 2.81. The molecule has 0 aliphatic carbocycles. The predicted octanol–water partition coefficient (Wildman–Crippen LogP) is 3.08. The number of carbonyl (C=O) groups is 1. The van der Waals surface area contributed by atoms with Crippen LogP contribution < -0.4 is 5.32 Å². The fourth-order valence-corrected chi connectivity index (χ4v) is 1.69. The summed E-state index contributed by atoms with van der Waals surface area (Å²) < 4.78 is 1.10. The summed E-state index contributed by atoms with van der Waals surface area (Å²) in [5.41, 5.74) is 1.31. The summed E-state index contributed by atoms with van der Waals surface area (Å²) in [7, 11) is 0. The first-order chi connectivity index (χ1) is 7.09. The van der Waals surface area contributed by atoms with Crippen molar-refractivity contribution in [1.82, 2.24) is 5.32 Å². The largest absolute Gasteiger partial charge is 0.356 e. The lowest BCUT2D eigenvalue weighted by Crippen LogP contribution is -2.22. The van der Waals surface area contributed by atoms with Crippen molar-refractivity contribution in [2.24, 2.45) is 0 Å². The van der Waals surface area contributed by atoms with Crippen LogP contribution in [0.2, 0.25) is 0 Å². The van der Waals surface area contributed by atoms with Gasteiger partial charge in [0.15, 0.2) is 0 Å². The second-order valence-electron chi connectivity index (χ2n) is 3.72. The van der Waals surface area contributed by atoms with Crippen LogP contribution in [0.5, 0.6) is 0 Å². The third-order valence-corrected chi connectivity index (χ3v) is 2.92. The lowest BCUT2D eigenvalue weighted by Gasteiger charge is -2.11. The van der Waals surface area contributed by atoms with Crippen LogP contribution in [-0.2, 0) is 4.79 Å². The fraction of sp³-hybridized carbons (Fsp3) is 0.417. The molecule has 0 fully saturated rings. The minimum atomic E-state index is 0.0398. The SMILES string of the molecule is CC(=O)NCCC(C)c1ccc(Br)cc1. The Morgan fingerprint density at radius 2 is 2.00 bits per heavy atom. The monoisotopic (exact) mass is 269 g/mol. The average molecular weight is 270 g/mol. The Morgan fingerprint density at radius 3 is 2.53 bits per heavy atom. The van der Waals surface area contributed by atoms with E-state index >= 15 is 0 Å². The molecule has 1 rings (SSSR count). The molecule has 0 aromatic heterocycles. The van der Waals surface area contributed by atoms with Crippen molar-refractivity contribution in [3.63, 3.8) is 0 Å². The van der Waals surface area contributed by atoms with Gasteiger partial charge in [-0.3, -0.25) is 4.79 Å². The zero-order valence-electron chi connectivity index (χ0n) is 9.09. The van der Waals surface area contributed by atoms with Gasteiger partial charge in [0.1, 0.15) is 0 Å². The number of rotatable bonds is 4. The minimum absolute atomic E-state index is 0.0398. The van der Waals surface area contributed by atoms with Gasteiger partial charge in [-0.2, -0.15) is 0 Å². The van der Waals surface area contributed by atoms with Crippen LogP contribution >= 0.6 is 15.9 Å². The van der Waals surface area contributed by atoms with E-state index in [-0.39, 0.29) is 5.91 Å². The van der Waals surface area contributed by atoms with Gasteiger partial charge < -0.3 is 5.32 Å². The van der Waals surface area contributed by atoms with Crippen LogP contribution in [0.25, 0.3) is 0 Å². The molecule has 1 atom stereocenters. The first-order valence-corrected chi connectivity index (χ1v) is 5.89. The first kappa shape index (κ1) is 12.2. The van der Waals surface area contributed by atoms with Crippen molar-refractivity contribution in [1.29, 1.82) is 0 Å². The van der Waals surface area contributed by atoms with Crippen LogP contribution in [0.15, 0.2) is 28.7 Å². The van der Waals surface area contributed by atoms with Crippen molar-refractivity contribution in [2.75, 3.05) is 6.54 Å². The number of hydrogen-bond acceptors (Lipinski definition) is 1. The molecule has 3 heteroatoms. The fourth-order valence-electron chi connectivity index (χ4n) is 1.42. The summed E-state index contributed by atoms with van der Waals surface area (Å²) in [5.74, 6) is 0.517. The predicted molar refractivity (Wildman–Crippen MR) is 65.9 cm³/mol. The van der Waals surface area contributed by atoms with E-state index in [4.69, 9.17) is 0 Å². The zero-order chi connectivity index (χ0) is 11.3. The summed E-state index contributed by atoms with van der Waals surface area (Å²) >= 11 is 3.41. The van der Waals surface area contributed by atoms with Crippen LogP contribution in [0.3, 0.4) is 0 Å². The third kappa shape index (κ3) is 4.47. The molecular formula is C12H16BrNO.